The molecule has 4 rings (SSSR count). The third kappa shape index (κ3) is 3.88. The minimum Gasteiger partial charge on any atom is -0.496 e. The molecule has 13 heteroatoms. The first-order chi connectivity index (χ1) is 17.0. The second-order valence-corrected chi connectivity index (χ2v) is 9.33. The third-order valence-corrected chi connectivity index (χ3v) is 6.72. The van der Waals surface area contributed by atoms with Crippen molar-refractivity contribution in [3.63, 3.8) is 0 Å². The number of aromatic nitrogens is 1. The molecular formula is C23H27BN8O4. The molecule has 1 atom stereocenters. The Labute approximate surface area is 209 Å². The van der Waals surface area contributed by atoms with Gasteiger partial charge in [-0.3, -0.25) is 5.32 Å². The Hall–Kier alpha value is -4.20. The van der Waals surface area contributed by atoms with Crippen molar-refractivity contribution < 1.29 is 18.8 Å². The van der Waals surface area contributed by atoms with Crippen molar-refractivity contribution in [2.75, 3.05) is 31.0 Å². The molecular weight excluding hydrogens is 463 g/mol. The molecule has 1 saturated heterocycles. The number of nitrogens with two attached hydrogens (primary N) is 2. The van der Waals surface area contributed by atoms with Gasteiger partial charge in [-0.15, -0.1) is 0 Å². The summed E-state index contributed by atoms with van der Waals surface area (Å²) >= 11 is 0. The van der Waals surface area contributed by atoms with Gasteiger partial charge in [-0.1, -0.05) is 0 Å². The molecule has 0 aliphatic carbocycles. The summed E-state index contributed by atoms with van der Waals surface area (Å²) < 4.78 is 23.9. The van der Waals surface area contributed by atoms with Crippen molar-refractivity contribution in [2.24, 2.45) is 4.99 Å². The average Bonchev–Trinajstić information content (AvgIpc) is 3.04. The SMILES string of the molecule is COc1cc(B2OC(C)(C)C(C)(C)O2)cc(OC)c1C1N=C(NC#N)Nc2nc(N)c(C#N)c(N)c21. The van der Waals surface area contributed by atoms with Crippen LogP contribution in [-0.2, 0) is 9.31 Å². The lowest BCUT2D eigenvalue weighted by atomic mass is 9.77. The summed E-state index contributed by atoms with van der Waals surface area (Å²) in [6.45, 7) is 7.87. The number of anilines is 3. The Bertz CT molecular complexity index is 1300. The fourth-order valence-electron chi connectivity index (χ4n) is 4.13. The van der Waals surface area contributed by atoms with Gasteiger partial charge in [0.05, 0.1) is 36.7 Å². The Balaban J connectivity index is 1.92. The zero-order valence-electron chi connectivity index (χ0n) is 20.9. The normalized spacial score (nSPS) is 19.3. The number of rotatable bonds is 4. The molecule has 3 heterocycles. The number of benzene rings is 1. The molecule has 0 spiro atoms. The van der Waals surface area contributed by atoms with Crippen LogP contribution in [0.4, 0.5) is 17.3 Å². The molecule has 1 unspecified atom stereocenters. The van der Waals surface area contributed by atoms with Crippen LogP contribution in [0.5, 0.6) is 11.5 Å². The summed E-state index contributed by atoms with van der Waals surface area (Å²) in [6, 6.07) is 4.69. The van der Waals surface area contributed by atoms with Crippen molar-refractivity contribution in [1.82, 2.24) is 10.3 Å². The van der Waals surface area contributed by atoms with Crippen molar-refractivity contribution in [3.8, 4) is 23.8 Å². The molecule has 0 bridgehead atoms. The van der Waals surface area contributed by atoms with Gasteiger partial charge >= 0.3 is 7.12 Å². The molecule has 6 N–H and O–H groups in total. The zero-order chi connectivity index (χ0) is 26.4. The number of ether oxygens (including phenoxy) is 2. The Kier molecular flexibility index (Phi) is 6.08. The minimum absolute atomic E-state index is 0.0271. The molecule has 36 heavy (non-hydrogen) atoms. The van der Waals surface area contributed by atoms with Gasteiger partial charge in [0.15, 0.2) is 6.19 Å². The largest absolute Gasteiger partial charge is 0.496 e. The van der Waals surface area contributed by atoms with Gasteiger partial charge < -0.3 is 35.6 Å². The molecule has 1 aromatic heterocycles. The molecule has 0 saturated carbocycles. The monoisotopic (exact) mass is 490 g/mol. The summed E-state index contributed by atoms with van der Waals surface area (Å²) in [4.78, 5) is 8.91. The summed E-state index contributed by atoms with van der Waals surface area (Å²) in [7, 11) is 2.36. The number of nitriles is 2. The number of pyridine rings is 1. The van der Waals surface area contributed by atoms with Gasteiger partial charge in [-0.25, -0.2) is 9.98 Å². The quantitative estimate of drug-likeness (QED) is 0.276. The van der Waals surface area contributed by atoms with E-state index < -0.39 is 24.4 Å². The van der Waals surface area contributed by atoms with Crippen LogP contribution >= 0.6 is 0 Å². The van der Waals surface area contributed by atoms with Crippen LogP contribution in [0.25, 0.3) is 0 Å². The van der Waals surface area contributed by atoms with E-state index in [2.05, 4.69) is 20.6 Å². The summed E-state index contributed by atoms with van der Waals surface area (Å²) in [5.41, 5.74) is 13.0. The zero-order valence-corrected chi connectivity index (χ0v) is 20.9. The van der Waals surface area contributed by atoms with Gasteiger partial charge in [0.25, 0.3) is 0 Å². The van der Waals surface area contributed by atoms with Crippen molar-refractivity contribution in [1.29, 1.82) is 10.5 Å². The first-order valence-electron chi connectivity index (χ1n) is 11.1. The van der Waals surface area contributed by atoms with Crippen LogP contribution in [0.2, 0.25) is 0 Å². The minimum atomic E-state index is -0.852. The van der Waals surface area contributed by atoms with Crippen LogP contribution in [0, 0.1) is 22.8 Å². The summed E-state index contributed by atoms with van der Waals surface area (Å²) in [6.07, 6.45) is 1.83. The number of nitrogen functional groups attached to an aromatic ring is 2. The number of guanidine groups is 1. The number of fused-ring (bicyclic) bond motifs is 1. The maximum atomic E-state index is 9.60. The molecule has 12 nitrogen and oxygen atoms in total. The highest BCUT2D eigenvalue weighted by molar-refractivity contribution is 6.62. The smallest absolute Gasteiger partial charge is 0.495 e. The van der Waals surface area contributed by atoms with E-state index in [1.54, 1.807) is 12.1 Å². The van der Waals surface area contributed by atoms with Crippen LogP contribution in [0.1, 0.15) is 50.4 Å². The highest BCUT2D eigenvalue weighted by Crippen LogP contribution is 2.46. The Morgan fingerprint density at radius 1 is 1.06 bits per heavy atom. The summed E-state index contributed by atoms with van der Waals surface area (Å²) in [5.74, 6) is 1.14. The molecule has 2 aliphatic heterocycles. The van der Waals surface area contributed by atoms with Crippen LogP contribution in [0.15, 0.2) is 17.1 Å². The number of hydrogen-bond donors (Lipinski definition) is 4. The maximum absolute atomic E-state index is 9.60. The van der Waals surface area contributed by atoms with E-state index in [-0.39, 0.29) is 28.8 Å². The molecule has 0 radical (unpaired) electrons. The van der Waals surface area contributed by atoms with Crippen LogP contribution in [0.3, 0.4) is 0 Å². The van der Waals surface area contributed by atoms with E-state index in [9.17, 15) is 10.5 Å². The first kappa shape index (κ1) is 24.9. The lowest BCUT2D eigenvalue weighted by Crippen LogP contribution is -2.41. The second-order valence-electron chi connectivity index (χ2n) is 9.33. The summed E-state index contributed by atoms with van der Waals surface area (Å²) in [5, 5.41) is 24.2. The predicted molar refractivity (Wildman–Crippen MR) is 135 cm³/mol. The van der Waals surface area contributed by atoms with Gasteiger partial charge in [-0.05, 0) is 45.3 Å². The van der Waals surface area contributed by atoms with E-state index in [1.165, 1.54) is 14.2 Å². The molecule has 186 valence electrons. The number of methoxy groups -OCH3 is 2. The molecule has 2 aromatic rings. The first-order valence-corrected chi connectivity index (χ1v) is 11.1. The van der Waals surface area contributed by atoms with Gasteiger partial charge in [0.1, 0.15) is 40.8 Å². The number of aliphatic imine (C=N–C) groups is 1. The lowest BCUT2D eigenvalue weighted by Gasteiger charge is -2.32. The van der Waals surface area contributed by atoms with E-state index in [0.29, 0.717) is 28.1 Å². The fraction of sp³-hybridized carbons (Fsp3) is 0.391. The van der Waals surface area contributed by atoms with Gasteiger partial charge in [0.2, 0.25) is 5.96 Å². The number of nitrogens with zero attached hydrogens (tertiary/aromatic N) is 4. The van der Waals surface area contributed by atoms with Gasteiger partial charge in [-0.2, -0.15) is 10.5 Å². The highest BCUT2D eigenvalue weighted by Gasteiger charge is 2.52. The standard InChI is InChI=1S/C23H27BN8O4/c1-22(2)23(3,4)36-24(35-22)11-7-13(33-5)15(14(8-11)34-6)18-16-17(27)12(9-25)19(28)31-20(16)32-21(30-18)29-10-26/h7-8,18H,1-6H3,(H6,27,28,29,30,31,32). The molecule has 2 aliphatic rings. The number of nitrogens with one attached hydrogen (secondary N) is 2. The average molecular weight is 490 g/mol. The van der Waals surface area contributed by atoms with Crippen LogP contribution in [-0.4, -0.2) is 43.5 Å². The highest BCUT2D eigenvalue weighted by atomic mass is 16.7. The molecule has 0 amide bonds. The van der Waals surface area contributed by atoms with E-state index in [1.807, 2.05) is 40.0 Å². The van der Waals surface area contributed by atoms with E-state index in [4.69, 9.17) is 30.2 Å². The Morgan fingerprint density at radius 3 is 2.14 bits per heavy atom. The van der Waals surface area contributed by atoms with Crippen LogP contribution < -0.4 is 37.0 Å². The molecule has 1 fully saturated rings. The van der Waals surface area contributed by atoms with E-state index in [0.717, 1.165) is 0 Å². The van der Waals surface area contributed by atoms with Crippen molar-refractivity contribution in [3.05, 3.63) is 28.8 Å². The van der Waals surface area contributed by atoms with E-state index >= 15 is 0 Å². The third-order valence-electron chi connectivity index (χ3n) is 6.72. The van der Waals surface area contributed by atoms with Crippen molar-refractivity contribution >= 4 is 35.9 Å². The maximum Gasteiger partial charge on any atom is 0.495 e. The predicted octanol–water partition coefficient (Wildman–Crippen LogP) is 1.38. The topological polar surface area (TPSA) is 186 Å². The number of hydrogen-bond acceptors (Lipinski definition) is 12. The lowest BCUT2D eigenvalue weighted by molar-refractivity contribution is 0.00578. The Morgan fingerprint density at radius 2 is 1.64 bits per heavy atom. The second kappa shape index (κ2) is 8.79. The fourth-order valence-corrected chi connectivity index (χ4v) is 4.13. The van der Waals surface area contributed by atoms with Crippen molar-refractivity contribution in [2.45, 2.75) is 44.9 Å². The molecule has 1 aromatic carbocycles. The van der Waals surface area contributed by atoms with Gasteiger partial charge in [0, 0.05) is 5.56 Å².